The molecule has 0 aromatic heterocycles. The van der Waals surface area contributed by atoms with Crippen molar-refractivity contribution in [3.05, 3.63) is 107 Å². The number of carbonyl (C=O) groups excluding carboxylic acids is 1. The highest BCUT2D eigenvalue weighted by atomic mass is 16.5. The summed E-state index contributed by atoms with van der Waals surface area (Å²) in [4.78, 5) is 20.4. The lowest BCUT2D eigenvalue weighted by Crippen LogP contribution is -2.18. The fraction of sp³-hybridized carbons (Fsp3) is 0.208. The lowest BCUT2D eigenvalue weighted by atomic mass is 9.83. The topological polar surface area (TPSA) is 406 Å². The van der Waals surface area contributed by atoms with Gasteiger partial charge in [-0.2, -0.15) is 0 Å². The maximum Gasteiger partial charge on any atom is 0.335 e. The minimum atomic E-state index is -1.29. The third-order valence-corrected chi connectivity index (χ3v) is 9.19. The Hall–Kier alpha value is -9.18. The number of phenols is 16. The van der Waals surface area contributed by atoms with Crippen molar-refractivity contribution < 1.29 is 111 Å². The van der Waals surface area contributed by atoms with Crippen molar-refractivity contribution in [2.24, 2.45) is 0 Å². The van der Waals surface area contributed by atoms with E-state index in [-0.39, 0.29) is 63.0 Å². The first kappa shape index (κ1) is 56.9. The molecule has 17 N–H and O–H groups in total. The Morgan fingerprint density at radius 1 is 0.543 bits per heavy atom. The van der Waals surface area contributed by atoms with E-state index >= 15 is 0 Å². The van der Waals surface area contributed by atoms with Crippen LogP contribution in [0, 0.1) is 0 Å². The number of carboxylic acids is 1. The summed E-state index contributed by atoms with van der Waals surface area (Å²) in [5, 5.41) is 154. The van der Waals surface area contributed by atoms with Gasteiger partial charge in [-0.1, -0.05) is 26.0 Å². The van der Waals surface area contributed by atoms with E-state index in [9.17, 15) is 30.0 Å². The van der Waals surface area contributed by atoms with Gasteiger partial charge in [0.2, 0.25) is 0 Å². The lowest BCUT2D eigenvalue weighted by Gasteiger charge is -2.31. The number of para-hydroxylation sites is 2. The summed E-state index contributed by atoms with van der Waals surface area (Å²) in [6.07, 6.45) is 2.47. The number of methoxy groups -OCH3 is 1. The normalized spacial score (nSPS) is 12.4. The van der Waals surface area contributed by atoms with Crippen LogP contribution in [0.1, 0.15) is 70.0 Å². The van der Waals surface area contributed by atoms with Crippen LogP contribution >= 0.6 is 0 Å². The number of carboxylic acid groups (broad SMARTS) is 1. The molecule has 22 heteroatoms. The molecular formula is C48H54O22. The number of aldehydes is 1. The minimum Gasteiger partial charge on any atom is -0.508 e. The van der Waals surface area contributed by atoms with E-state index in [4.69, 9.17) is 75.9 Å². The molecule has 6 aromatic carbocycles. The predicted octanol–water partition coefficient (Wildman–Crippen LogP) is 6.76. The SMILES string of the molecule is CC.COC.O=C(O)c1cc(O)c(O)c(O)c1.O=Cc1cc(O)c(O)c(O)c1.Oc1cc(O)c2c(c1)OCCC2c1c(O)cc(O)c2c1OCCC2.Oc1cccc(O)c1O.Oc1cccc(O)c1O. The molecule has 378 valence electrons. The quantitative estimate of drug-likeness (QED) is 0.0643. The van der Waals surface area contributed by atoms with Crippen molar-refractivity contribution >= 4 is 12.3 Å². The molecule has 0 saturated carbocycles. The first-order valence-electron chi connectivity index (χ1n) is 20.5. The van der Waals surface area contributed by atoms with Gasteiger partial charge in [-0.15, -0.1) is 0 Å². The molecule has 0 amide bonds. The largest absolute Gasteiger partial charge is 0.508 e. The van der Waals surface area contributed by atoms with Crippen molar-refractivity contribution in [1.82, 2.24) is 0 Å². The zero-order chi connectivity index (χ0) is 53.0. The van der Waals surface area contributed by atoms with Crippen LogP contribution in [0.25, 0.3) is 0 Å². The molecule has 0 saturated heterocycles. The first-order valence-corrected chi connectivity index (χ1v) is 20.5. The average Bonchev–Trinajstić information content (AvgIpc) is 3.32. The molecule has 22 nitrogen and oxygen atoms in total. The molecule has 0 aliphatic carbocycles. The van der Waals surface area contributed by atoms with Gasteiger partial charge in [0.05, 0.1) is 18.8 Å². The molecule has 8 rings (SSSR count). The second-order valence-electron chi connectivity index (χ2n) is 14.0. The molecule has 6 aromatic rings. The maximum absolute atomic E-state index is 10.5. The number of aromatic hydroxyl groups is 16. The van der Waals surface area contributed by atoms with E-state index in [1.807, 2.05) is 13.8 Å². The molecule has 70 heavy (non-hydrogen) atoms. The van der Waals surface area contributed by atoms with Crippen LogP contribution < -0.4 is 9.47 Å². The summed E-state index contributed by atoms with van der Waals surface area (Å²) in [6, 6.07) is 15.9. The standard InChI is InChI=1S/C18H18O6.C7H6O5.C7H6O4.2C6H6O3.C2H6O.C2H6/c19-9-6-13(21)16-11(3-5-23-15(16)7-9)17-14(22)8-12(20)10-2-1-4-24-18(10)17;8-4-1-3(7(11)12)2-5(9)6(4)10;8-3-4-1-5(9)7(11)6(10)2-4;2*7-4-2-1-3-5(8)6(4)9;1-3-2;1-2/h6-8,11,19-22H,1-5H2;1-2,8-10H,(H,11,12);1-3,9-11H;2*1-3,7-9H;1-2H3;1-2H3. The second kappa shape index (κ2) is 26.8. The summed E-state index contributed by atoms with van der Waals surface area (Å²) in [5.74, 6) is -6.84. The fourth-order valence-corrected chi connectivity index (χ4v) is 6.10. The molecule has 2 aliphatic heterocycles. The zero-order valence-electron chi connectivity index (χ0n) is 37.8. The third kappa shape index (κ3) is 15.2. The van der Waals surface area contributed by atoms with E-state index in [2.05, 4.69) is 4.74 Å². The van der Waals surface area contributed by atoms with Gasteiger partial charge >= 0.3 is 5.97 Å². The number of aromatic carboxylic acids is 1. The van der Waals surface area contributed by atoms with Crippen LogP contribution in [-0.2, 0) is 11.2 Å². The number of benzene rings is 6. The van der Waals surface area contributed by atoms with Gasteiger partial charge in [0.1, 0.15) is 40.8 Å². The summed E-state index contributed by atoms with van der Waals surface area (Å²) in [6.45, 7) is 4.90. The van der Waals surface area contributed by atoms with Gasteiger partial charge in [-0.3, -0.25) is 4.79 Å². The van der Waals surface area contributed by atoms with E-state index in [1.54, 1.807) is 14.2 Å². The van der Waals surface area contributed by atoms with Gasteiger partial charge in [-0.05, 0) is 67.8 Å². The first-order chi connectivity index (χ1) is 33.1. The molecule has 1 unspecified atom stereocenters. The maximum atomic E-state index is 10.5. The second-order valence-corrected chi connectivity index (χ2v) is 14.0. The van der Waals surface area contributed by atoms with Crippen molar-refractivity contribution in [2.45, 2.75) is 39.0 Å². The van der Waals surface area contributed by atoms with E-state index in [0.717, 1.165) is 30.7 Å². The Morgan fingerprint density at radius 2 is 0.971 bits per heavy atom. The van der Waals surface area contributed by atoms with Crippen LogP contribution in [0.4, 0.5) is 0 Å². The monoisotopic (exact) mass is 982 g/mol. The Bertz CT molecular complexity index is 2560. The van der Waals surface area contributed by atoms with Crippen LogP contribution in [0.2, 0.25) is 0 Å². The summed E-state index contributed by atoms with van der Waals surface area (Å²) in [5.41, 5.74) is 1.56. The van der Waals surface area contributed by atoms with Gasteiger partial charge in [0, 0.05) is 60.6 Å². The number of hydrogen-bond acceptors (Lipinski definition) is 21. The molecule has 1 atom stereocenters. The smallest absolute Gasteiger partial charge is 0.335 e. The molecular weight excluding hydrogens is 929 g/mol. The number of phenolic OH excluding ortho intramolecular Hbond substituents is 16. The summed E-state index contributed by atoms with van der Waals surface area (Å²) < 4.78 is 15.6. The van der Waals surface area contributed by atoms with Crippen molar-refractivity contribution in [1.29, 1.82) is 0 Å². The minimum absolute atomic E-state index is 0.0214. The Kier molecular flexibility index (Phi) is 21.8. The Morgan fingerprint density at radius 3 is 1.40 bits per heavy atom. The van der Waals surface area contributed by atoms with E-state index in [1.165, 1.54) is 54.6 Å². The van der Waals surface area contributed by atoms with Crippen molar-refractivity contribution in [3.63, 3.8) is 0 Å². The van der Waals surface area contributed by atoms with E-state index in [0.29, 0.717) is 60.5 Å². The molecule has 0 radical (unpaired) electrons. The number of rotatable bonds is 3. The molecule has 0 bridgehead atoms. The lowest BCUT2D eigenvalue weighted by molar-refractivity contribution is 0.0695. The highest BCUT2D eigenvalue weighted by molar-refractivity contribution is 5.89. The van der Waals surface area contributed by atoms with Gasteiger partial charge in [-0.25, -0.2) is 4.79 Å². The van der Waals surface area contributed by atoms with Crippen molar-refractivity contribution in [3.8, 4) is 103 Å². The third-order valence-electron chi connectivity index (χ3n) is 9.19. The number of ether oxygens (including phenoxy) is 3. The van der Waals surface area contributed by atoms with Crippen LogP contribution in [-0.4, -0.2) is 126 Å². The van der Waals surface area contributed by atoms with Crippen molar-refractivity contribution in [2.75, 3.05) is 27.4 Å². The molecule has 2 heterocycles. The summed E-state index contributed by atoms with van der Waals surface area (Å²) in [7, 11) is 3.25. The molecule has 0 fully saturated rings. The fourth-order valence-electron chi connectivity index (χ4n) is 6.10. The number of fused-ring (bicyclic) bond motifs is 2. The zero-order valence-corrected chi connectivity index (χ0v) is 37.8. The van der Waals surface area contributed by atoms with E-state index < -0.39 is 52.0 Å². The Labute approximate surface area is 398 Å². The number of hydrogen-bond donors (Lipinski definition) is 17. The highest BCUT2D eigenvalue weighted by Crippen LogP contribution is 2.53. The van der Waals surface area contributed by atoms with Gasteiger partial charge in [0.25, 0.3) is 0 Å². The summed E-state index contributed by atoms with van der Waals surface area (Å²) >= 11 is 0. The van der Waals surface area contributed by atoms with Gasteiger partial charge in [0.15, 0.2) is 69.0 Å². The van der Waals surface area contributed by atoms with Crippen LogP contribution in [0.3, 0.4) is 0 Å². The van der Waals surface area contributed by atoms with Crippen LogP contribution in [0.5, 0.6) is 103 Å². The molecule has 2 aliphatic rings. The molecule has 0 spiro atoms. The Balaban J connectivity index is 0.000000312. The highest BCUT2D eigenvalue weighted by Gasteiger charge is 2.34. The van der Waals surface area contributed by atoms with Crippen LogP contribution in [0.15, 0.2) is 78.9 Å². The van der Waals surface area contributed by atoms with Gasteiger partial charge < -0.3 is 101 Å². The average molecular weight is 983 g/mol. The number of carbonyl (C=O) groups is 2. The predicted molar refractivity (Wildman–Crippen MR) is 248 cm³/mol.